The summed E-state index contributed by atoms with van der Waals surface area (Å²) < 4.78 is 10.5. The Hall–Kier alpha value is -3.33. The van der Waals surface area contributed by atoms with Crippen molar-refractivity contribution in [2.45, 2.75) is 6.54 Å². The lowest BCUT2D eigenvalue weighted by atomic mass is 10.2. The van der Waals surface area contributed by atoms with Crippen molar-refractivity contribution >= 4 is 17.6 Å². The van der Waals surface area contributed by atoms with Crippen molar-refractivity contribution in [2.24, 2.45) is 0 Å². The highest BCUT2D eigenvalue weighted by Crippen LogP contribution is 2.32. The molecule has 1 saturated heterocycles. The van der Waals surface area contributed by atoms with Gasteiger partial charge in [-0.1, -0.05) is 0 Å². The van der Waals surface area contributed by atoms with Gasteiger partial charge in [0.15, 0.2) is 11.5 Å². The standard InChI is InChI=1S/C21H25N5O4/c1-25-6-8-26(9-7-25)19-10-15(4-5-22-19)12-23-20(27)13-24-21(28)16-2-3-17-18(11-16)30-14-29-17/h2-5,10-11H,6-9,12-14H2,1H3,(H,23,27)(H,24,28). The summed E-state index contributed by atoms with van der Waals surface area (Å²) in [6.45, 7) is 4.30. The molecule has 9 nitrogen and oxygen atoms in total. The van der Waals surface area contributed by atoms with E-state index in [1.807, 2.05) is 12.1 Å². The molecule has 2 aliphatic heterocycles. The highest BCUT2D eigenvalue weighted by Gasteiger charge is 2.17. The minimum atomic E-state index is -0.343. The zero-order valence-corrected chi connectivity index (χ0v) is 16.9. The van der Waals surface area contributed by atoms with E-state index in [2.05, 4.69) is 32.5 Å². The summed E-state index contributed by atoms with van der Waals surface area (Å²) in [6, 6.07) is 8.80. The number of carbonyl (C=O) groups is 2. The summed E-state index contributed by atoms with van der Waals surface area (Å²) >= 11 is 0. The van der Waals surface area contributed by atoms with Crippen molar-refractivity contribution in [2.75, 3.05) is 51.5 Å². The van der Waals surface area contributed by atoms with Crippen LogP contribution in [0, 0.1) is 0 Å². The third-order valence-corrected chi connectivity index (χ3v) is 5.17. The molecule has 2 amide bonds. The average molecular weight is 411 g/mol. The van der Waals surface area contributed by atoms with Crippen LogP contribution >= 0.6 is 0 Å². The SMILES string of the molecule is CN1CCN(c2cc(CNC(=O)CNC(=O)c3ccc4c(c3)OCO4)ccn2)CC1. The molecule has 0 aliphatic carbocycles. The number of nitrogens with zero attached hydrogens (tertiary/aromatic N) is 3. The van der Waals surface area contributed by atoms with Gasteiger partial charge in [-0.15, -0.1) is 0 Å². The van der Waals surface area contributed by atoms with Gasteiger partial charge in [-0.25, -0.2) is 4.98 Å². The lowest BCUT2D eigenvalue weighted by Crippen LogP contribution is -2.44. The maximum absolute atomic E-state index is 12.3. The molecule has 2 aliphatic rings. The van der Waals surface area contributed by atoms with Gasteiger partial charge >= 0.3 is 0 Å². The average Bonchev–Trinajstić information content (AvgIpc) is 3.24. The topological polar surface area (TPSA) is 96.0 Å². The predicted octanol–water partition coefficient (Wildman–Crippen LogP) is 0.608. The molecule has 9 heteroatoms. The van der Waals surface area contributed by atoms with Crippen molar-refractivity contribution < 1.29 is 19.1 Å². The Kier molecular flexibility index (Phi) is 5.99. The molecule has 0 spiro atoms. The zero-order valence-electron chi connectivity index (χ0n) is 16.9. The number of anilines is 1. The van der Waals surface area contributed by atoms with E-state index in [0.717, 1.165) is 37.6 Å². The molecule has 158 valence electrons. The molecule has 3 heterocycles. The van der Waals surface area contributed by atoms with E-state index in [9.17, 15) is 9.59 Å². The summed E-state index contributed by atoms with van der Waals surface area (Å²) in [4.78, 5) is 33.4. The first-order chi connectivity index (χ1) is 14.6. The quantitative estimate of drug-likeness (QED) is 0.719. The maximum Gasteiger partial charge on any atom is 0.251 e. The highest BCUT2D eigenvalue weighted by molar-refractivity contribution is 5.97. The molecule has 30 heavy (non-hydrogen) atoms. The zero-order chi connectivity index (χ0) is 20.9. The molecule has 1 fully saturated rings. The molecule has 1 aromatic carbocycles. The molecule has 0 radical (unpaired) electrons. The first kappa shape index (κ1) is 20.0. The number of hydrogen-bond donors (Lipinski definition) is 2. The molecular weight excluding hydrogens is 386 g/mol. The smallest absolute Gasteiger partial charge is 0.251 e. The number of likely N-dealkylation sites (N-methyl/N-ethyl adjacent to an activating group) is 1. The number of carbonyl (C=O) groups excluding carboxylic acids is 2. The second-order valence-corrected chi connectivity index (χ2v) is 7.34. The Bertz CT molecular complexity index is 927. The molecule has 4 rings (SSSR count). The van der Waals surface area contributed by atoms with E-state index in [1.165, 1.54) is 0 Å². The first-order valence-corrected chi connectivity index (χ1v) is 9.91. The lowest BCUT2D eigenvalue weighted by Gasteiger charge is -2.33. The van der Waals surface area contributed by atoms with Crippen molar-refractivity contribution in [3.05, 3.63) is 47.7 Å². The Morgan fingerprint density at radius 1 is 1.03 bits per heavy atom. The van der Waals surface area contributed by atoms with Gasteiger partial charge in [0, 0.05) is 44.5 Å². The van der Waals surface area contributed by atoms with Crippen LogP contribution in [0.15, 0.2) is 36.5 Å². The third kappa shape index (κ3) is 4.80. The third-order valence-electron chi connectivity index (χ3n) is 5.17. The van der Waals surface area contributed by atoms with E-state index >= 15 is 0 Å². The van der Waals surface area contributed by atoms with E-state index in [4.69, 9.17) is 9.47 Å². The van der Waals surface area contributed by atoms with E-state index in [1.54, 1.807) is 24.4 Å². The number of piperazine rings is 1. The molecule has 0 unspecified atom stereocenters. The molecule has 0 saturated carbocycles. The molecule has 2 aromatic rings. The van der Waals surface area contributed by atoms with E-state index in [0.29, 0.717) is 23.6 Å². The minimum absolute atomic E-state index is 0.107. The summed E-state index contributed by atoms with van der Waals surface area (Å²) in [5.74, 6) is 1.45. The molecule has 0 atom stereocenters. The van der Waals surface area contributed by atoms with Gasteiger partial charge < -0.3 is 29.9 Å². The first-order valence-electron chi connectivity index (χ1n) is 9.91. The van der Waals surface area contributed by atoms with Crippen molar-refractivity contribution in [3.63, 3.8) is 0 Å². The number of pyridine rings is 1. The van der Waals surface area contributed by atoms with Gasteiger partial charge in [-0.05, 0) is 42.9 Å². The van der Waals surface area contributed by atoms with Gasteiger partial charge in [0.2, 0.25) is 12.7 Å². The van der Waals surface area contributed by atoms with Gasteiger partial charge in [-0.3, -0.25) is 9.59 Å². The van der Waals surface area contributed by atoms with Gasteiger partial charge in [0.05, 0.1) is 6.54 Å². The number of hydrogen-bond acceptors (Lipinski definition) is 7. The fourth-order valence-electron chi connectivity index (χ4n) is 3.34. The largest absolute Gasteiger partial charge is 0.454 e. The van der Waals surface area contributed by atoms with Crippen LogP contribution in [0.2, 0.25) is 0 Å². The second-order valence-electron chi connectivity index (χ2n) is 7.34. The second kappa shape index (κ2) is 9.00. The number of benzene rings is 1. The van der Waals surface area contributed by atoms with E-state index in [-0.39, 0.29) is 25.2 Å². The summed E-state index contributed by atoms with van der Waals surface area (Å²) in [7, 11) is 2.11. The molecule has 1 aromatic heterocycles. The van der Waals surface area contributed by atoms with Gasteiger partial charge in [0.1, 0.15) is 5.82 Å². The Morgan fingerprint density at radius 2 is 1.83 bits per heavy atom. The normalized spacial score (nSPS) is 15.7. The lowest BCUT2D eigenvalue weighted by molar-refractivity contribution is -0.120. The van der Waals surface area contributed by atoms with Gasteiger partial charge in [-0.2, -0.15) is 0 Å². The van der Waals surface area contributed by atoms with Crippen LogP contribution in [0.4, 0.5) is 5.82 Å². The number of amides is 2. The number of rotatable bonds is 6. The summed E-state index contributed by atoms with van der Waals surface area (Å²) in [5.41, 5.74) is 1.38. The Labute approximate surface area is 175 Å². The number of nitrogens with one attached hydrogen (secondary N) is 2. The number of fused-ring (bicyclic) bond motifs is 1. The monoisotopic (exact) mass is 411 g/mol. The van der Waals surface area contributed by atoms with Crippen LogP contribution in [0.3, 0.4) is 0 Å². The Morgan fingerprint density at radius 3 is 2.67 bits per heavy atom. The predicted molar refractivity (Wildman–Crippen MR) is 111 cm³/mol. The summed E-state index contributed by atoms with van der Waals surface area (Å²) in [6.07, 6.45) is 1.76. The fraction of sp³-hybridized carbons (Fsp3) is 0.381. The fourth-order valence-corrected chi connectivity index (χ4v) is 3.34. The van der Waals surface area contributed by atoms with E-state index < -0.39 is 0 Å². The van der Waals surface area contributed by atoms with Crippen LogP contribution in [0.1, 0.15) is 15.9 Å². The van der Waals surface area contributed by atoms with Crippen molar-refractivity contribution in [1.29, 1.82) is 0 Å². The van der Waals surface area contributed by atoms with Crippen LogP contribution in [-0.2, 0) is 11.3 Å². The molecule has 0 bridgehead atoms. The molecular formula is C21H25N5O4. The highest BCUT2D eigenvalue weighted by atomic mass is 16.7. The number of ether oxygens (including phenoxy) is 2. The summed E-state index contributed by atoms with van der Waals surface area (Å²) in [5, 5.41) is 5.45. The van der Waals surface area contributed by atoms with Crippen LogP contribution in [-0.4, -0.2) is 68.3 Å². The van der Waals surface area contributed by atoms with Crippen molar-refractivity contribution in [1.82, 2.24) is 20.5 Å². The van der Waals surface area contributed by atoms with Crippen molar-refractivity contribution in [3.8, 4) is 11.5 Å². The van der Waals surface area contributed by atoms with Crippen LogP contribution < -0.4 is 25.0 Å². The van der Waals surface area contributed by atoms with Crippen LogP contribution in [0.25, 0.3) is 0 Å². The molecule has 2 N–H and O–H groups in total. The van der Waals surface area contributed by atoms with Gasteiger partial charge in [0.25, 0.3) is 5.91 Å². The maximum atomic E-state index is 12.3. The Balaban J connectivity index is 1.25. The van der Waals surface area contributed by atoms with Crippen LogP contribution in [0.5, 0.6) is 11.5 Å². The minimum Gasteiger partial charge on any atom is -0.454 e. The number of aromatic nitrogens is 1.